The minimum absolute atomic E-state index is 0.0429. The van der Waals surface area contributed by atoms with Gasteiger partial charge < -0.3 is 10.1 Å². The normalized spacial score (nSPS) is 12.2. The van der Waals surface area contributed by atoms with Gasteiger partial charge in [-0.1, -0.05) is 17.7 Å². The predicted molar refractivity (Wildman–Crippen MR) is 77.5 cm³/mol. The van der Waals surface area contributed by atoms with Gasteiger partial charge in [0, 0.05) is 35.6 Å². The minimum atomic E-state index is -0.287. The number of halogens is 2. The highest BCUT2D eigenvalue weighted by Gasteiger charge is 2.10. The molecule has 0 saturated carbocycles. The first-order valence-electron chi connectivity index (χ1n) is 6.29. The van der Waals surface area contributed by atoms with Crippen LogP contribution in [0.5, 0.6) is 5.75 Å². The molecule has 0 fully saturated rings. The summed E-state index contributed by atoms with van der Waals surface area (Å²) in [5.41, 5.74) is 1.43. The highest BCUT2D eigenvalue weighted by Crippen LogP contribution is 2.23. The molecule has 1 atom stereocenters. The summed E-state index contributed by atoms with van der Waals surface area (Å²) in [6.07, 6.45) is 3.20. The van der Waals surface area contributed by atoms with Crippen molar-refractivity contribution in [3.8, 4) is 5.75 Å². The summed E-state index contributed by atoms with van der Waals surface area (Å²) in [6.45, 7) is 2.18. The van der Waals surface area contributed by atoms with E-state index < -0.39 is 0 Å². The van der Waals surface area contributed by atoms with E-state index in [2.05, 4.69) is 10.3 Å². The smallest absolute Gasteiger partial charge is 0.131 e. The van der Waals surface area contributed by atoms with E-state index in [4.69, 9.17) is 16.3 Å². The first-order valence-corrected chi connectivity index (χ1v) is 6.67. The Morgan fingerprint density at radius 2 is 2.20 bits per heavy atom. The van der Waals surface area contributed by atoms with E-state index >= 15 is 0 Å². The Morgan fingerprint density at radius 1 is 1.40 bits per heavy atom. The van der Waals surface area contributed by atoms with E-state index in [1.807, 2.05) is 6.92 Å². The van der Waals surface area contributed by atoms with Crippen LogP contribution in [0, 0.1) is 5.82 Å². The lowest BCUT2D eigenvalue weighted by atomic mass is 10.1. The number of aromatic nitrogens is 1. The topological polar surface area (TPSA) is 34.1 Å². The molecule has 0 radical (unpaired) electrons. The lowest BCUT2D eigenvalue weighted by Crippen LogP contribution is -2.13. The summed E-state index contributed by atoms with van der Waals surface area (Å²) in [5.74, 6) is 0.188. The maximum Gasteiger partial charge on any atom is 0.131 e. The molecule has 1 heterocycles. The van der Waals surface area contributed by atoms with Crippen molar-refractivity contribution in [3.05, 3.63) is 58.6 Å². The van der Waals surface area contributed by atoms with Crippen LogP contribution < -0.4 is 10.1 Å². The summed E-state index contributed by atoms with van der Waals surface area (Å²) in [5, 5.41) is 3.54. The van der Waals surface area contributed by atoms with Crippen molar-refractivity contribution in [2.75, 3.05) is 7.05 Å². The van der Waals surface area contributed by atoms with Crippen LogP contribution in [0.15, 0.2) is 36.7 Å². The van der Waals surface area contributed by atoms with Crippen molar-refractivity contribution in [2.24, 2.45) is 0 Å². The lowest BCUT2D eigenvalue weighted by molar-refractivity contribution is 0.304. The molecule has 0 aliphatic carbocycles. The molecule has 2 aromatic rings. The molecule has 1 unspecified atom stereocenters. The zero-order valence-corrected chi connectivity index (χ0v) is 12.1. The Hall–Kier alpha value is -1.65. The van der Waals surface area contributed by atoms with Gasteiger partial charge in [0.25, 0.3) is 0 Å². The largest absolute Gasteiger partial charge is 0.489 e. The van der Waals surface area contributed by atoms with Crippen molar-refractivity contribution in [1.29, 1.82) is 0 Å². The van der Waals surface area contributed by atoms with Crippen LogP contribution >= 0.6 is 11.6 Å². The highest BCUT2D eigenvalue weighted by molar-refractivity contribution is 6.31. The summed E-state index contributed by atoms with van der Waals surface area (Å²) in [6, 6.07) is 6.59. The average Bonchev–Trinajstić information content (AvgIpc) is 2.46. The second kappa shape index (κ2) is 6.68. The number of ether oxygens (including phenoxy) is 1. The maximum absolute atomic E-state index is 13.9. The van der Waals surface area contributed by atoms with Crippen LogP contribution in [0.3, 0.4) is 0 Å². The second-order valence-electron chi connectivity index (χ2n) is 4.45. The fourth-order valence-electron chi connectivity index (χ4n) is 1.79. The molecule has 5 heteroatoms. The van der Waals surface area contributed by atoms with Crippen LogP contribution in [-0.4, -0.2) is 12.0 Å². The van der Waals surface area contributed by atoms with Crippen LogP contribution in [0.1, 0.15) is 24.1 Å². The van der Waals surface area contributed by atoms with Gasteiger partial charge in [-0.3, -0.25) is 4.98 Å². The molecule has 106 valence electrons. The number of pyridine rings is 1. The van der Waals surface area contributed by atoms with E-state index in [9.17, 15) is 4.39 Å². The molecule has 0 spiro atoms. The Morgan fingerprint density at radius 3 is 2.85 bits per heavy atom. The van der Waals surface area contributed by atoms with Crippen LogP contribution in [0.2, 0.25) is 5.02 Å². The van der Waals surface area contributed by atoms with Crippen molar-refractivity contribution in [2.45, 2.75) is 19.6 Å². The highest BCUT2D eigenvalue weighted by atomic mass is 35.5. The monoisotopic (exact) mass is 294 g/mol. The fourth-order valence-corrected chi connectivity index (χ4v) is 1.96. The molecule has 1 aromatic carbocycles. The molecule has 20 heavy (non-hydrogen) atoms. The van der Waals surface area contributed by atoms with Gasteiger partial charge in [0.15, 0.2) is 0 Å². The Kier molecular flexibility index (Phi) is 4.93. The predicted octanol–water partition coefficient (Wildman–Crippen LogP) is 3.73. The number of hydrogen-bond acceptors (Lipinski definition) is 3. The number of hydrogen-bond donors (Lipinski definition) is 1. The number of rotatable bonds is 5. The van der Waals surface area contributed by atoms with Crippen LogP contribution in [-0.2, 0) is 6.61 Å². The molecule has 0 amide bonds. The molecule has 0 aliphatic rings. The maximum atomic E-state index is 13.9. The fraction of sp³-hybridized carbons (Fsp3) is 0.267. The van der Waals surface area contributed by atoms with Gasteiger partial charge in [-0.25, -0.2) is 4.39 Å². The molecule has 3 nitrogen and oxygen atoms in total. The minimum Gasteiger partial charge on any atom is -0.489 e. The molecular weight excluding hydrogens is 279 g/mol. The Labute approximate surface area is 122 Å². The van der Waals surface area contributed by atoms with E-state index in [1.165, 1.54) is 6.07 Å². The van der Waals surface area contributed by atoms with Gasteiger partial charge in [0.1, 0.15) is 18.2 Å². The van der Waals surface area contributed by atoms with Crippen LogP contribution in [0.4, 0.5) is 4.39 Å². The first kappa shape index (κ1) is 14.8. The van der Waals surface area contributed by atoms with E-state index in [0.717, 1.165) is 5.56 Å². The molecule has 2 rings (SSSR count). The van der Waals surface area contributed by atoms with Gasteiger partial charge in [-0.2, -0.15) is 0 Å². The van der Waals surface area contributed by atoms with Crippen molar-refractivity contribution >= 4 is 11.6 Å². The average molecular weight is 295 g/mol. The van der Waals surface area contributed by atoms with Gasteiger partial charge in [0.2, 0.25) is 0 Å². The third-order valence-electron chi connectivity index (χ3n) is 3.12. The first-order chi connectivity index (χ1) is 9.61. The summed E-state index contributed by atoms with van der Waals surface area (Å²) >= 11 is 5.98. The second-order valence-corrected chi connectivity index (χ2v) is 4.86. The zero-order chi connectivity index (χ0) is 14.5. The quantitative estimate of drug-likeness (QED) is 0.912. The van der Waals surface area contributed by atoms with E-state index in [-0.39, 0.29) is 18.5 Å². The SMILES string of the molecule is CNC(C)c1ccc(OCc2ccncc2Cl)cc1F. The number of benzene rings is 1. The third-order valence-corrected chi connectivity index (χ3v) is 3.46. The molecule has 0 saturated heterocycles. The third kappa shape index (κ3) is 3.46. The molecule has 1 N–H and O–H groups in total. The number of nitrogens with one attached hydrogen (secondary N) is 1. The summed E-state index contributed by atoms with van der Waals surface area (Å²) in [7, 11) is 1.79. The van der Waals surface area contributed by atoms with Gasteiger partial charge >= 0.3 is 0 Å². The summed E-state index contributed by atoms with van der Waals surface area (Å²) < 4.78 is 19.5. The molecular formula is C15H16ClFN2O. The van der Waals surface area contributed by atoms with Gasteiger partial charge in [0.05, 0.1) is 5.02 Å². The van der Waals surface area contributed by atoms with Crippen molar-refractivity contribution in [1.82, 2.24) is 10.3 Å². The van der Waals surface area contributed by atoms with E-state index in [1.54, 1.807) is 37.6 Å². The van der Waals surface area contributed by atoms with Gasteiger partial charge in [-0.05, 0) is 26.1 Å². The summed E-state index contributed by atoms with van der Waals surface area (Å²) in [4.78, 5) is 3.90. The zero-order valence-electron chi connectivity index (χ0n) is 11.4. The molecule has 1 aromatic heterocycles. The van der Waals surface area contributed by atoms with Crippen molar-refractivity contribution < 1.29 is 9.13 Å². The Bertz CT molecular complexity index is 592. The number of nitrogens with zero attached hydrogens (tertiary/aromatic N) is 1. The standard InChI is InChI=1S/C15H16ClFN2O/c1-10(18-2)13-4-3-12(7-15(13)17)20-9-11-5-6-19-8-14(11)16/h3-8,10,18H,9H2,1-2H3. The Balaban J connectivity index is 2.08. The van der Waals surface area contributed by atoms with Crippen LogP contribution in [0.25, 0.3) is 0 Å². The molecule has 0 bridgehead atoms. The van der Waals surface area contributed by atoms with Crippen molar-refractivity contribution in [3.63, 3.8) is 0 Å². The molecule has 0 aliphatic heterocycles. The lowest BCUT2D eigenvalue weighted by Gasteiger charge is -2.13. The van der Waals surface area contributed by atoms with Gasteiger partial charge in [-0.15, -0.1) is 0 Å². The van der Waals surface area contributed by atoms with E-state index in [0.29, 0.717) is 16.3 Å².